The van der Waals surface area contributed by atoms with Crippen molar-refractivity contribution in [2.24, 2.45) is 0 Å². The van der Waals surface area contributed by atoms with Crippen molar-refractivity contribution in [2.45, 2.75) is 26.5 Å². The molecule has 1 aliphatic rings. The average Bonchev–Trinajstić information content (AvgIpc) is 2.76. The molecule has 0 amide bonds. The van der Waals surface area contributed by atoms with Crippen molar-refractivity contribution in [1.82, 2.24) is 10.2 Å². The summed E-state index contributed by atoms with van der Waals surface area (Å²) < 4.78 is 30.1. The van der Waals surface area contributed by atoms with Gasteiger partial charge in [0.1, 0.15) is 12.4 Å². The first kappa shape index (κ1) is 22.8. The monoisotopic (exact) mass is 436 g/mol. The van der Waals surface area contributed by atoms with Crippen LogP contribution in [0.3, 0.4) is 0 Å². The molecule has 0 atom stereocenters. The molecule has 3 rings (SSSR count). The van der Waals surface area contributed by atoms with Crippen LogP contribution in [0.25, 0.3) is 0 Å². The molecule has 0 bridgehead atoms. The van der Waals surface area contributed by atoms with E-state index in [1.54, 1.807) is 18.2 Å². The number of hydrogen-bond acceptors (Lipinski definition) is 5. The Labute approximate surface area is 183 Å². The predicted octanol–water partition coefficient (Wildman–Crippen LogP) is 4.27. The van der Waals surface area contributed by atoms with Gasteiger partial charge in [0.2, 0.25) is 0 Å². The van der Waals surface area contributed by atoms with Gasteiger partial charge in [-0.3, -0.25) is 4.90 Å². The Morgan fingerprint density at radius 3 is 2.57 bits per heavy atom. The molecule has 7 heteroatoms. The van der Waals surface area contributed by atoms with E-state index in [1.165, 1.54) is 12.1 Å². The number of halogens is 2. The predicted molar refractivity (Wildman–Crippen MR) is 117 cm³/mol. The number of nitrogens with one attached hydrogen (secondary N) is 1. The Bertz CT molecular complexity index is 783. The van der Waals surface area contributed by atoms with E-state index in [9.17, 15) is 4.39 Å². The van der Waals surface area contributed by atoms with Gasteiger partial charge in [-0.2, -0.15) is 0 Å². The summed E-state index contributed by atoms with van der Waals surface area (Å²) in [4.78, 5) is 2.43. The molecular weight excluding hydrogens is 407 g/mol. The minimum absolute atomic E-state index is 0.265. The van der Waals surface area contributed by atoms with Crippen molar-refractivity contribution in [3.63, 3.8) is 0 Å². The summed E-state index contributed by atoms with van der Waals surface area (Å²) in [5, 5.41) is 4.09. The summed E-state index contributed by atoms with van der Waals surface area (Å²) in [5.41, 5.74) is 1.85. The van der Waals surface area contributed by atoms with E-state index in [4.69, 9.17) is 25.8 Å². The van der Waals surface area contributed by atoms with Crippen LogP contribution in [0.5, 0.6) is 11.5 Å². The van der Waals surface area contributed by atoms with Gasteiger partial charge >= 0.3 is 0 Å². The fourth-order valence-corrected chi connectivity index (χ4v) is 3.53. The number of morpholine rings is 1. The molecule has 0 aromatic heterocycles. The van der Waals surface area contributed by atoms with Crippen molar-refractivity contribution in [3.05, 3.63) is 58.4 Å². The van der Waals surface area contributed by atoms with E-state index in [-0.39, 0.29) is 5.82 Å². The summed E-state index contributed by atoms with van der Waals surface area (Å²) in [6, 6.07) is 9.96. The lowest BCUT2D eigenvalue weighted by Crippen LogP contribution is -2.37. The lowest BCUT2D eigenvalue weighted by atomic mass is 10.2. The number of benzene rings is 2. The second kappa shape index (κ2) is 12.1. The highest BCUT2D eigenvalue weighted by atomic mass is 35.5. The summed E-state index contributed by atoms with van der Waals surface area (Å²) in [5.74, 6) is 0.981. The lowest BCUT2D eigenvalue weighted by Gasteiger charge is -2.26. The molecule has 0 radical (unpaired) electrons. The highest BCUT2D eigenvalue weighted by molar-refractivity contribution is 6.31. The Morgan fingerprint density at radius 1 is 1.10 bits per heavy atom. The van der Waals surface area contributed by atoms with Gasteiger partial charge in [-0.05, 0) is 55.8 Å². The van der Waals surface area contributed by atoms with Crippen molar-refractivity contribution >= 4 is 11.6 Å². The molecule has 30 heavy (non-hydrogen) atoms. The van der Waals surface area contributed by atoms with Crippen molar-refractivity contribution in [2.75, 3.05) is 46.0 Å². The van der Waals surface area contributed by atoms with Crippen LogP contribution in [-0.2, 0) is 17.9 Å². The van der Waals surface area contributed by atoms with Crippen LogP contribution in [0.2, 0.25) is 5.02 Å². The van der Waals surface area contributed by atoms with Crippen LogP contribution in [-0.4, -0.2) is 50.9 Å². The highest BCUT2D eigenvalue weighted by Crippen LogP contribution is 2.34. The third kappa shape index (κ3) is 7.13. The van der Waals surface area contributed by atoms with E-state index in [1.807, 2.05) is 13.0 Å². The van der Waals surface area contributed by atoms with Crippen LogP contribution in [0.4, 0.5) is 4.39 Å². The summed E-state index contributed by atoms with van der Waals surface area (Å²) in [6.07, 6.45) is 1.08. The zero-order valence-corrected chi connectivity index (χ0v) is 18.2. The molecular formula is C23H30ClFN2O3. The van der Waals surface area contributed by atoms with Gasteiger partial charge in [-0.1, -0.05) is 23.7 Å². The smallest absolute Gasteiger partial charge is 0.163 e. The zero-order chi connectivity index (χ0) is 21.2. The van der Waals surface area contributed by atoms with Gasteiger partial charge in [0.05, 0.1) is 19.8 Å². The lowest BCUT2D eigenvalue weighted by molar-refractivity contribution is 0.0374. The number of hydrogen-bond donors (Lipinski definition) is 1. The largest absolute Gasteiger partial charge is 0.490 e. The van der Waals surface area contributed by atoms with Crippen LogP contribution in [0.15, 0.2) is 36.4 Å². The van der Waals surface area contributed by atoms with E-state index in [0.29, 0.717) is 36.3 Å². The molecule has 1 saturated heterocycles. The van der Waals surface area contributed by atoms with E-state index in [2.05, 4.69) is 10.2 Å². The molecule has 2 aromatic carbocycles. The average molecular weight is 437 g/mol. The number of ether oxygens (including phenoxy) is 3. The first-order valence-electron chi connectivity index (χ1n) is 10.5. The van der Waals surface area contributed by atoms with Gasteiger partial charge in [-0.15, -0.1) is 0 Å². The van der Waals surface area contributed by atoms with Crippen LogP contribution >= 0.6 is 11.6 Å². The normalized spacial score (nSPS) is 14.6. The summed E-state index contributed by atoms with van der Waals surface area (Å²) >= 11 is 6.49. The minimum atomic E-state index is -0.265. The van der Waals surface area contributed by atoms with E-state index < -0.39 is 0 Å². The quantitative estimate of drug-likeness (QED) is 0.533. The summed E-state index contributed by atoms with van der Waals surface area (Å²) in [7, 11) is 0. The summed E-state index contributed by atoms with van der Waals surface area (Å²) in [6.45, 7) is 9.13. The SMILES string of the molecule is CCOc1cc(CNCCCN2CCOCC2)c(Cl)cc1OCc1ccc(F)cc1. The Kier molecular flexibility index (Phi) is 9.21. The van der Waals surface area contributed by atoms with Gasteiger partial charge in [0.15, 0.2) is 11.5 Å². The molecule has 164 valence electrons. The first-order valence-corrected chi connectivity index (χ1v) is 10.9. The first-order chi connectivity index (χ1) is 14.7. The van der Waals surface area contributed by atoms with Crippen molar-refractivity contribution in [3.8, 4) is 11.5 Å². The van der Waals surface area contributed by atoms with Crippen LogP contribution in [0.1, 0.15) is 24.5 Å². The highest BCUT2D eigenvalue weighted by Gasteiger charge is 2.12. The molecule has 1 fully saturated rings. The van der Waals surface area contributed by atoms with E-state index >= 15 is 0 Å². The fourth-order valence-electron chi connectivity index (χ4n) is 3.31. The van der Waals surface area contributed by atoms with Gasteiger partial charge in [0, 0.05) is 30.7 Å². The zero-order valence-electron chi connectivity index (χ0n) is 17.5. The minimum Gasteiger partial charge on any atom is -0.490 e. The Morgan fingerprint density at radius 2 is 1.83 bits per heavy atom. The Hall–Kier alpha value is -1.86. The van der Waals surface area contributed by atoms with Crippen molar-refractivity contribution in [1.29, 1.82) is 0 Å². The topological polar surface area (TPSA) is 43.0 Å². The molecule has 1 aliphatic heterocycles. The molecule has 5 nitrogen and oxygen atoms in total. The third-order valence-corrected chi connectivity index (χ3v) is 5.32. The number of nitrogens with zero attached hydrogens (tertiary/aromatic N) is 1. The van der Waals surface area contributed by atoms with E-state index in [0.717, 1.165) is 56.9 Å². The molecule has 1 N–H and O–H groups in total. The maximum atomic E-state index is 13.1. The van der Waals surface area contributed by atoms with Gasteiger partial charge in [-0.25, -0.2) is 4.39 Å². The third-order valence-electron chi connectivity index (χ3n) is 4.97. The maximum Gasteiger partial charge on any atom is 0.163 e. The second-order valence-corrected chi connectivity index (χ2v) is 7.63. The number of rotatable bonds is 11. The Balaban J connectivity index is 1.52. The van der Waals surface area contributed by atoms with Crippen molar-refractivity contribution < 1.29 is 18.6 Å². The standard InChI is InChI=1S/C23H30ClFN2O3/c1-2-29-22-14-19(16-26-8-3-9-27-10-12-28-13-11-27)21(24)15-23(22)30-17-18-4-6-20(25)7-5-18/h4-7,14-15,26H,2-3,8-13,16-17H2,1H3. The molecule has 0 spiro atoms. The second-order valence-electron chi connectivity index (χ2n) is 7.22. The van der Waals surface area contributed by atoms with Crippen LogP contribution in [0, 0.1) is 5.82 Å². The molecule has 0 saturated carbocycles. The molecule has 0 unspecified atom stereocenters. The molecule has 1 heterocycles. The fraction of sp³-hybridized carbons (Fsp3) is 0.478. The van der Waals surface area contributed by atoms with Crippen LogP contribution < -0.4 is 14.8 Å². The van der Waals surface area contributed by atoms with Gasteiger partial charge < -0.3 is 19.5 Å². The molecule has 2 aromatic rings. The van der Waals surface area contributed by atoms with Gasteiger partial charge in [0.25, 0.3) is 0 Å². The maximum absolute atomic E-state index is 13.1. The molecule has 0 aliphatic carbocycles.